The number of methoxy groups -OCH3 is 3. The van der Waals surface area contributed by atoms with E-state index in [4.69, 9.17) is 14.2 Å². The summed E-state index contributed by atoms with van der Waals surface area (Å²) in [6.07, 6.45) is 6.18. The lowest BCUT2D eigenvalue weighted by Crippen LogP contribution is -2.27. The third-order valence-electron chi connectivity index (χ3n) is 4.67. The van der Waals surface area contributed by atoms with Gasteiger partial charge in [0.15, 0.2) is 0 Å². The number of nitrogens with one attached hydrogen (secondary N) is 1. The molecule has 0 aromatic heterocycles. The summed E-state index contributed by atoms with van der Waals surface area (Å²) in [4.78, 5) is 26.2. The van der Waals surface area contributed by atoms with Gasteiger partial charge in [-0.3, -0.25) is 4.72 Å². The molecule has 3 rings (SSSR count). The summed E-state index contributed by atoms with van der Waals surface area (Å²) in [6.45, 7) is 0. The van der Waals surface area contributed by atoms with Crippen molar-refractivity contribution in [3.8, 4) is 5.75 Å². The lowest BCUT2D eigenvalue weighted by atomic mass is 10.1. The number of carbonyl (C=O) groups excluding carboxylic acids is 2. The van der Waals surface area contributed by atoms with Gasteiger partial charge >= 0.3 is 11.9 Å². The third-order valence-corrected chi connectivity index (χ3v) is 6.05. The van der Waals surface area contributed by atoms with Crippen LogP contribution in [0.2, 0.25) is 0 Å². The van der Waals surface area contributed by atoms with Crippen LogP contribution in [-0.2, 0) is 29.1 Å². The van der Waals surface area contributed by atoms with Crippen molar-refractivity contribution in [2.75, 3.05) is 31.0 Å². The molecule has 1 heterocycles. The quantitative estimate of drug-likeness (QED) is 0.615. The highest BCUT2D eigenvalue weighted by Gasteiger charge is 2.27. The van der Waals surface area contributed by atoms with Crippen molar-refractivity contribution < 1.29 is 32.2 Å². The normalized spacial score (nSPS) is 13.4. The first-order valence-electron chi connectivity index (χ1n) is 9.63. The molecule has 0 spiro atoms. The number of para-hydroxylation sites is 2. The van der Waals surface area contributed by atoms with Crippen LogP contribution >= 0.6 is 0 Å². The van der Waals surface area contributed by atoms with E-state index in [1.165, 1.54) is 56.6 Å². The molecule has 9 nitrogen and oxygen atoms in total. The predicted octanol–water partition coefficient (Wildman–Crippen LogP) is 2.99. The Morgan fingerprint density at radius 1 is 0.879 bits per heavy atom. The molecule has 1 N–H and O–H groups in total. The molecule has 0 saturated heterocycles. The second kappa shape index (κ2) is 10.0. The van der Waals surface area contributed by atoms with Crippen molar-refractivity contribution >= 4 is 33.3 Å². The van der Waals surface area contributed by atoms with E-state index in [2.05, 4.69) is 4.72 Å². The minimum atomic E-state index is -3.92. The molecule has 0 aliphatic carbocycles. The van der Waals surface area contributed by atoms with Gasteiger partial charge in [-0.1, -0.05) is 18.2 Å². The Kier molecular flexibility index (Phi) is 7.19. The molecular formula is C23H22N2O7S. The number of nitrogens with zero attached hydrogens (tertiary/aromatic N) is 1. The zero-order valence-corrected chi connectivity index (χ0v) is 19.0. The zero-order chi connectivity index (χ0) is 24.0. The van der Waals surface area contributed by atoms with Gasteiger partial charge in [0.1, 0.15) is 11.4 Å². The largest absolute Gasteiger partial charge is 0.495 e. The summed E-state index contributed by atoms with van der Waals surface area (Å²) in [5, 5.41) is 0. The minimum Gasteiger partial charge on any atom is -0.495 e. The van der Waals surface area contributed by atoms with Gasteiger partial charge in [0.05, 0.1) is 37.5 Å². The molecule has 172 valence electrons. The van der Waals surface area contributed by atoms with E-state index >= 15 is 0 Å². The van der Waals surface area contributed by atoms with E-state index in [0.717, 1.165) is 0 Å². The first kappa shape index (κ1) is 23.6. The fourth-order valence-electron chi connectivity index (χ4n) is 3.08. The van der Waals surface area contributed by atoms with Gasteiger partial charge in [-0.05, 0) is 48.6 Å². The van der Waals surface area contributed by atoms with Crippen molar-refractivity contribution in [3.63, 3.8) is 0 Å². The van der Waals surface area contributed by atoms with Crippen LogP contribution in [0.1, 0.15) is 0 Å². The summed E-state index contributed by atoms with van der Waals surface area (Å²) in [5.41, 5.74) is 0.637. The molecule has 2 aromatic rings. The first-order chi connectivity index (χ1) is 15.8. The maximum absolute atomic E-state index is 12.9. The second-order valence-electron chi connectivity index (χ2n) is 6.62. The van der Waals surface area contributed by atoms with Crippen LogP contribution in [0.5, 0.6) is 5.75 Å². The van der Waals surface area contributed by atoms with E-state index in [1.807, 2.05) is 0 Å². The number of sulfonamides is 1. The standard InChI is InChI=1S/C23H22N2O7S/c1-30-20-10-5-4-9-19(20)24-33(28,29)17-13-11-16(12-14-17)25-15-7-6-8-18(22(26)31-2)21(25)23(27)32-3/h4-15,24H,1-3H3. The van der Waals surface area contributed by atoms with Crippen LogP contribution in [0.15, 0.2) is 89.1 Å². The Bertz CT molecular complexity index is 1250. The van der Waals surface area contributed by atoms with Gasteiger partial charge in [-0.2, -0.15) is 0 Å². The third kappa shape index (κ3) is 5.07. The Morgan fingerprint density at radius 2 is 1.55 bits per heavy atom. The van der Waals surface area contributed by atoms with E-state index < -0.39 is 22.0 Å². The predicted molar refractivity (Wildman–Crippen MR) is 122 cm³/mol. The number of benzene rings is 2. The van der Waals surface area contributed by atoms with Crippen molar-refractivity contribution in [2.24, 2.45) is 0 Å². The number of esters is 2. The molecule has 33 heavy (non-hydrogen) atoms. The number of hydrogen-bond acceptors (Lipinski definition) is 8. The topological polar surface area (TPSA) is 111 Å². The van der Waals surface area contributed by atoms with E-state index in [9.17, 15) is 18.0 Å². The van der Waals surface area contributed by atoms with Crippen LogP contribution in [0.3, 0.4) is 0 Å². The Morgan fingerprint density at radius 3 is 2.18 bits per heavy atom. The number of hydrogen-bond donors (Lipinski definition) is 1. The molecule has 2 aromatic carbocycles. The van der Waals surface area contributed by atoms with Gasteiger partial charge in [0, 0.05) is 11.9 Å². The van der Waals surface area contributed by atoms with Crippen molar-refractivity contribution in [3.05, 3.63) is 84.2 Å². The van der Waals surface area contributed by atoms with Gasteiger partial charge in [0.2, 0.25) is 0 Å². The summed E-state index contributed by atoms with van der Waals surface area (Å²) in [5.74, 6) is -1.11. The van der Waals surface area contributed by atoms with Gasteiger partial charge < -0.3 is 19.1 Å². The molecule has 0 amide bonds. The number of carbonyl (C=O) groups is 2. The average molecular weight is 471 g/mol. The zero-order valence-electron chi connectivity index (χ0n) is 18.1. The van der Waals surface area contributed by atoms with E-state index in [0.29, 0.717) is 17.1 Å². The van der Waals surface area contributed by atoms with E-state index in [1.54, 1.807) is 42.6 Å². The SMILES string of the molecule is COC(=O)C1=C(C(=O)OC)N(c2ccc(S(=O)(=O)Nc3ccccc3OC)cc2)C=CC=C1. The molecule has 10 heteroatoms. The number of anilines is 2. The summed E-state index contributed by atoms with van der Waals surface area (Å²) < 4.78 is 43.0. The molecule has 0 saturated carbocycles. The molecular weight excluding hydrogens is 448 g/mol. The number of ether oxygens (including phenoxy) is 3. The fourth-order valence-corrected chi connectivity index (χ4v) is 4.15. The smallest absolute Gasteiger partial charge is 0.355 e. The molecule has 1 aliphatic rings. The molecule has 0 unspecified atom stereocenters. The maximum atomic E-state index is 12.9. The van der Waals surface area contributed by atoms with Crippen LogP contribution in [0.25, 0.3) is 0 Å². The van der Waals surface area contributed by atoms with Crippen LogP contribution in [-0.4, -0.2) is 41.7 Å². The molecule has 0 bridgehead atoms. The van der Waals surface area contributed by atoms with Gasteiger partial charge in [-0.15, -0.1) is 0 Å². The summed E-state index contributed by atoms with van der Waals surface area (Å²) in [7, 11) is -0.0771. The Labute approximate surface area is 191 Å². The summed E-state index contributed by atoms with van der Waals surface area (Å²) >= 11 is 0. The van der Waals surface area contributed by atoms with Crippen LogP contribution < -0.4 is 14.4 Å². The summed E-state index contributed by atoms with van der Waals surface area (Å²) in [6, 6.07) is 12.4. The van der Waals surface area contributed by atoms with Crippen molar-refractivity contribution in [1.82, 2.24) is 0 Å². The number of rotatable bonds is 7. The van der Waals surface area contributed by atoms with E-state index in [-0.39, 0.29) is 16.2 Å². The van der Waals surface area contributed by atoms with Gasteiger partial charge in [0.25, 0.3) is 10.0 Å². The second-order valence-corrected chi connectivity index (χ2v) is 8.30. The minimum absolute atomic E-state index is 0.00845. The van der Waals surface area contributed by atoms with Crippen LogP contribution in [0.4, 0.5) is 11.4 Å². The highest BCUT2D eigenvalue weighted by Crippen LogP contribution is 2.29. The van der Waals surface area contributed by atoms with Crippen molar-refractivity contribution in [2.45, 2.75) is 4.90 Å². The highest BCUT2D eigenvalue weighted by molar-refractivity contribution is 7.92. The Hall–Kier alpha value is -4.05. The number of allylic oxidation sites excluding steroid dienone is 2. The monoisotopic (exact) mass is 470 g/mol. The lowest BCUT2D eigenvalue weighted by molar-refractivity contribution is -0.139. The molecule has 1 aliphatic heterocycles. The van der Waals surface area contributed by atoms with Crippen LogP contribution in [0, 0.1) is 0 Å². The highest BCUT2D eigenvalue weighted by atomic mass is 32.2. The van der Waals surface area contributed by atoms with Gasteiger partial charge in [-0.25, -0.2) is 18.0 Å². The fraction of sp³-hybridized carbons (Fsp3) is 0.130. The molecule has 0 atom stereocenters. The van der Waals surface area contributed by atoms with Crippen molar-refractivity contribution in [1.29, 1.82) is 0 Å². The lowest BCUT2D eigenvalue weighted by Gasteiger charge is -2.23. The molecule has 0 fully saturated rings. The molecule has 0 radical (unpaired) electrons. The first-order valence-corrected chi connectivity index (χ1v) is 11.1. The average Bonchev–Trinajstić information content (AvgIpc) is 3.06. The Balaban J connectivity index is 1.98. The maximum Gasteiger partial charge on any atom is 0.355 e.